The fourth-order valence-electron chi connectivity index (χ4n) is 3.09. The van der Waals surface area contributed by atoms with Gasteiger partial charge in [-0.2, -0.15) is 0 Å². The monoisotopic (exact) mass is 283 g/mol. The van der Waals surface area contributed by atoms with E-state index < -0.39 is 0 Å². The molecule has 1 amide bonds. The molecule has 0 aromatic heterocycles. The minimum atomic E-state index is 0.333. The Balaban J connectivity index is 2.41. The van der Waals surface area contributed by atoms with Crippen LogP contribution in [0.15, 0.2) is 0 Å². The molecule has 0 aromatic carbocycles. The van der Waals surface area contributed by atoms with E-state index in [1.807, 2.05) is 0 Å². The third-order valence-corrected chi connectivity index (χ3v) is 4.69. The molecule has 4 nitrogen and oxygen atoms in total. The summed E-state index contributed by atoms with van der Waals surface area (Å²) >= 11 is 0. The van der Waals surface area contributed by atoms with E-state index in [0.29, 0.717) is 30.2 Å². The van der Waals surface area contributed by atoms with Crippen LogP contribution in [0.1, 0.15) is 46.0 Å². The predicted octanol–water partition coefficient (Wildman–Crippen LogP) is 1.94. The Morgan fingerprint density at radius 2 is 2.05 bits per heavy atom. The maximum Gasteiger partial charge on any atom is 0.222 e. The zero-order valence-electron chi connectivity index (χ0n) is 13.8. The summed E-state index contributed by atoms with van der Waals surface area (Å²) in [4.78, 5) is 16.7. The highest BCUT2D eigenvalue weighted by molar-refractivity contribution is 5.76. The summed E-state index contributed by atoms with van der Waals surface area (Å²) in [5, 5.41) is 0. The molecule has 1 saturated heterocycles. The van der Waals surface area contributed by atoms with Crippen LogP contribution in [0.5, 0.6) is 0 Å². The molecular formula is C16H33N3O. The predicted molar refractivity (Wildman–Crippen MR) is 84.5 cm³/mol. The van der Waals surface area contributed by atoms with Gasteiger partial charge in [0, 0.05) is 25.6 Å². The van der Waals surface area contributed by atoms with Gasteiger partial charge in [-0.1, -0.05) is 13.8 Å². The molecule has 118 valence electrons. The minimum absolute atomic E-state index is 0.333. The molecule has 0 saturated carbocycles. The lowest BCUT2D eigenvalue weighted by molar-refractivity contribution is -0.133. The first-order valence-corrected chi connectivity index (χ1v) is 8.10. The maximum atomic E-state index is 12.4. The highest BCUT2D eigenvalue weighted by atomic mass is 16.2. The van der Waals surface area contributed by atoms with E-state index in [0.717, 1.165) is 38.9 Å². The summed E-state index contributed by atoms with van der Waals surface area (Å²) in [5.41, 5.74) is 5.67. The van der Waals surface area contributed by atoms with Crippen LogP contribution in [-0.2, 0) is 4.79 Å². The van der Waals surface area contributed by atoms with Crippen molar-refractivity contribution >= 4 is 5.91 Å². The van der Waals surface area contributed by atoms with Gasteiger partial charge in [0.1, 0.15) is 0 Å². The minimum Gasteiger partial charge on any atom is -0.341 e. The zero-order chi connectivity index (χ0) is 15.1. The van der Waals surface area contributed by atoms with Crippen LogP contribution in [0.25, 0.3) is 0 Å². The number of hydrogen-bond donors (Lipinski definition) is 1. The molecule has 1 rings (SSSR count). The molecule has 2 atom stereocenters. The molecule has 20 heavy (non-hydrogen) atoms. The van der Waals surface area contributed by atoms with E-state index in [1.54, 1.807) is 0 Å². The number of hydrogen-bond acceptors (Lipinski definition) is 3. The van der Waals surface area contributed by atoms with Gasteiger partial charge in [0.05, 0.1) is 0 Å². The van der Waals surface area contributed by atoms with Crippen molar-refractivity contribution in [3.8, 4) is 0 Å². The Bertz CT molecular complexity index is 291. The number of piperidine rings is 1. The molecule has 0 aliphatic carbocycles. The second-order valence-electron chi connectivity index (χ2n) is 6.72. The third-order valence-electron chi connectivity index (χ3n) is 4.69. The topological polar surface area (TPSA) is 49.6 Å². The van der Waals surface area contributed by atoms with E-state index in [9.17, 15) is 4.79 Å². The Morgan fingerprint density at radius 1 is 1.35 bits per heavy atom. The van der Waals surface area contributed by atoms with Gasteiger partial charge >= 0.3 is 0 Å². The van der Waals surface area contributed by atoms with E-state index >= 15 is 0 Å². The van der Waals surface area contributed by atoms with Crippen molar-refractivity contribution in [1.82, 2.24) is 9.80 Å². The van der Waals surface area contributed by atoms with Crippen molar-refractivity contribution in [3.63, 3.8) is 0 Å². The third kappa shape index (κ3) is 5.41. The summed E-state index contributed by atoms with van der Waals surface area (Å²) in [6.07, 6.45) is 5.04. The molecule has 4 heteroatoms. The van der Waals surface area contributed by atoms with Gasteiger partial charge in [-0.3, -0.25) is 4.79 Å². The van der Waals surface area contributed by atoms with Crippen molar-refractivity contribution in [2.45, 2.75) is 52.0 Å². The van der Waals surface area contributed by atoms with E-state index in [2.05, 4.69) is 37.7 Å². The number of rotatable bonds is 7. The lowest BCUT2D eigenvalue weighted by atomic mass is 9.88. The van der Waals surface area contributed by atoms with Gasteiger partial charge in [-0.15, -0.1) is 0 Å². The number of carbonyl (C=O) groups excluding carboxylic acids is 1. The lowest BCUT2D eigenvalue weighted by Gasteiger charge is -2.36. The first-order chi connectivity index (χ1) is 9.45. The smallest absolute Gasteiger partial charge is 0.222 e. The van der Waals surface area contributed by atoms with Crippen molar-refractivity contribution in [3.05, 3.63) is 0 Å². The molecule has 1 aliphatic rings. The first kappa shape index (κ1) is 17.4. The van der Waals surface area contributed by atoms with E-state index in [1.165, 1.54) is 6.42 Å². The Kier molecular flexibility index (Phi) is 7.52. The second kappa shape index (κ2) is 8.63. The molecule has 1 aliphatic heterocycles. The normalized spacial score (nSPS) is 21.6. The average Bonchev–Trinajstić information content (AvgIpc) is 2.42. The summed E-state index contributed by atoms with van der Waals surface area (Å²) in [6.45, 7) is 7.02. The standard InChI is InChI=1S/C16H33N3O/c1-13(2)14(9-10-17)7-8-16(20)19-11-5-6-15(12-19)18(3)4/h13-15H,5-12,17H2,1-4H3. The number of likely N-dealkylation sites (tertiary alicyclic amines) is 1. The van der Waals surface area contributed by atoms with Crippen LogP contribution in [0.4, 0.5) is 0 Å². The van der Waals surface area contributed by atoms with Gasteiger partial charge in [-0.25, -0.2) is 0 Å². The van der Waals surface area contributed by atoms with Crippen LogP contribution in [0.2, 0.25) is 0 Å². The molecule has 1 heterocycles. The van der Waals surface area contributed by atoms with Gasteiger partial charge in [0.25, 0.3) is 0 Å². The molecule has 0 radical (unpaired) electrons. The summed E-state index contributed by atoms with van der Waals surface area (Å²) in [5.74, 6) is 1.53. The molecule has 2 N–H and O–H groups in total. The number of amides is 1. The van der Waals surface area contributed by atoms with Crippen LogP contribution in [-0.4, -0.2) is 55.5 Å². The number of likely N-dealkylation sites (N-methyl/N-ethyl adjacent to an activating group) is 1. The highest BCUT2D eigenvalue weighted by Crippen LogP contribution is 2.22. The van der Waals surface area contributed by atoms with Crippen LogP contribution in [0.3, 0.4) is 0 Å². The van der Waals surface area contributed by atoms with Gasteiger partial charge in [0.2, 0.25) is 5.91 Å². The maximum absolute atomic E-state index is 12.4. The fourth-order valence-corrected chi connectivity index (χ4v) is 3.09. The van der Waals surface area contributed by atoms with Gasteiger partial charge in [-0.05, 0) is 58.2 Å². The summed E-state index contributed by atoms with van der Waals surface area (Å²) < 4.78 is 0. The zero-order valence-corrected chi connectivity index (χ0v) is 13.8. The van der Waals surface area contributed by atoms with Crippen molar-refractivity contribution in [1.29, 1.82) is 0 Å². The molecule has 0 aromatic rings. The molecule has 0 spiro atoms. The Hall–Kier alpha value is -0.610. The number of nitrogens with two attached hydrogens (primary N) is 1. The average molecular weight is 283 g/mol. The lowest BCUT2D eigenvalue weighted by Crippen LogP contribution is -2.47. The van der Waals surface area contributed by atoms with Gasteiger partial charge < -0.3 is 15.5 Å². The fraction of sp³-hybridized carbons (Fsp3) is 0.938. The Morgan fingerprint density at radius 3 is 2.60 bits per heavy atom. The van der Waals surface area contributed by atoms with Crippen molar-refractivity contribution in [2.24, 2.45) is 17.6 Å². The van der Waals surface area contributed by atoms with Crippen LogP contribution >= 0.6 is 0 Å². The quantitative estimate of drug-likeness (QED) is 0.777. The molecule has 1 fully saturated rings. The van der Waals surface area contributed by atoms with Crippen LogP contribution in [0, 0.1) is 11.8 Å². The van der Waals surface area contributed by atoms with E-state index in [-0.39, 0.29) is 0 Å². The SMILES string of the molecule is CC(C)C(CCN)CCC(=O)N1CCCC(N(C)C)C1. The Labute approximate surface area is 124 Å². The first-order valence-electron chi connectivity index (χ1n) is 8.10. The molecule has 0 bridgehead atoms. The van der Waals surface area contributed by atoms with Gasteiger partial charge in [0.15, 0.2) is 0 Å². The summed E-state index contributed by atoms with van der Waals surface area (Å²) in [7, 11) is 4.21. The summed E-state index contributed by atoms with van der Waals surface area (Å²) in [6, 6.07) is 0.526. The number of nitrogens with zero attached hydrogens (tertiary/aromatic N) is 2. The number of carbonyl (C=O) groups is 1. The molecule has 2 unspecified atom stereocenters. The van der Waals surface area contributed by atoms with E-state index in [4.69, 9.17) is 5.73 Å². The van der Waals surface area contributed by atoms with Crippen molar-refractivity contribution < 1.29 is 4.79 Å². The van der Waals surface area contributed by atoms with Crippen LogP contribution < -0.4 is 5.73 Å². The van der Waals surface area contributed by atoms with Crippen molar-refractivity contribution in [2.75, 3.05) is 33.7 Å². The molecular weight excluding hydrogens is 250 g/mol. The largest absolute Gasteiger partial charge is 0.341 e. The second-order valence-corrected chi connectivity index (χ2v) is 6.72. The highest BCUT2D eigenvalue weighted by Gasteiger charge is 2.25.